The zero-order valence-electron chi connectivity index (χ0n) is 15.6. The summed E-state index contributed by atoms with van der Waals surface area (Å²) in [6.07, 6.45) is 0. The van der Waals surface area contributed by atoms with E-state index < -0.39 is 0 Å². The average Bonchev–Trinajstić information content (AvgIpc) is 2.71. The number of rotatable bonds is 4. The van der Waals surface area contributed by atoms with Crippen molar-refractivity contribution in [2.45, 2.75) is 18.9 Å². The van der Waals surface area contributed by atoms with E-state index in [-0.39, 0.29) is 11.5 Å². The normalized spacial score (nSPS) is 12.6. The number of nitriles is 1. The van der Waals surface area contributed by atoms with Crippen LogP contribution in [0.4, 0.5) is 0 Å². The van der Waals surface area contributed by atoms with Crippen molar-refractivity contribution in [1.29, 1.82) is 5.26 Å². The Kier molecular flexibility index (Phi) is 4.93. The van der Waals surface area contributed by atoms with Crippen molar-refractivity contribution < 1.29 is 14.3 Å². The van der Waals surface area contributed by atoms with Crippen molar-refractivity contribution in [3.05, 3.63) is 58.7 Å². The first kappa shape index (κ1) is 18.3. The second-order valence-electron chi connectivity index (χ2n) is 6.68. The van der Waals surface area contributed by atoms with Crippen molar-refractivity contribution in [3.8, 4) is 17.6 Å². The molecule has 0 atom stereocenters. The predicted molar refractivity (Wildman–Crippen MR) is 108 cm³/mol. The first-order chi connectivity index (χ1) is 13.5. The fraction of sp³-hybridized carbons (Fsp3) is 0.227. The lowest BCUT2D eigenvalue weighted by molar-refractivity contribution is 0.102. The summed E-state index contributed by atoms with van der Waals surface area (Å²) < 4.78 is 11.0. The second kappa shape index (κ2) is 7.53. The third-order valence-electron chi connectivity index (χ3n) is 4.54. The number of carbonyl (C=O) groups excluding carboxylic acids is 1. The number of nitrogens with zero attached hydrogens (tertiary/aromatic N) is 2. The maximum Gasteiger partial charge on any atom is 0.173 e. The van der Waals surface area contributed by atoms with Crippen LogP contribution in [0.25, 0.3) is 10.9 Å². The Hall–Kier alpha value is -3.04. The molecule has 1 aromatic heterocycles. The van der Waals surface area contributed by atoms with Gasteiger partial charge in [-0.1, -0.05) is 23.4 Å². The molecule has 0 radical (unpaired) electrons. The minimum Gasteiger partial charge on any atom is -0.486 e. The standard InChI is InChI=1S/C22H18N2O3S/c1-13-7-14(2)21-16(8-13)9-17(11-23)22(24-21)28-12-18(25)15-3-4-19-20(10-15)27-6-5-26-19/h3-4,7-10H,5-6,12H2,1-2H3. The molecular formula is C22H18N2O3S. The lowest BCUT2D eigenvalue weighted by Gasteiger charge is -2.18. The molecule has 0 fully saturated rings. The highest BCUT2D eigenvalue weighted by molar-refractivity contribution is 8.00. The summed E-state index contributed by atoms with van der Waals surface area (Å²) in [5.74, 6) is 1.39. The Morgan fingerprint density at radius 2 is 1.93 bits per heavy atom. The van der Waals surface area contributed by atoms with E-state index in [4.69, 9.17) is 9.47 Å². The summed E-state index contributed by atoms with van der Waals surface area (Å²) in [7, 11) is 0. The molecule has 0 saturated heterocycles. The van der Waals surface area contributed by atoms with E-state index in [9.17, 15) is 10.1 Å². The summed E-state index contributed by atoms with van der Waals surface area (Å²) in [6.45, 7) is 5.01. The van der Waals surface area contributed by atoms with Crippen molar-refractivity contribution in [2.75, 3.05) is 19.0 Å². The molecule has 3 aromatic rings. The molecule has 0 aliphatic carbocycles. The Morgan fingerprint density at radius 3 is 2.71 bits per heavy atom. The minimum atomic E-state index is -0.0478. The van der Waals surface area contributed by atoms with Crippen LogP contribution in [0.2, 0.25) is 0 Å². The van der Waals surface area contributed by atoms with Crippen molar-refractivity contribution >= 4 is 28.4 Å². The summed E-state index contributed by atoms with van der Waals surface area (Å²) in [5, 5.41) is 11.0. The molecule has 2 heterocycles. The van der Waals surface area contributed by atoms with Gasteiger partial charge in [-0.05, 0) is 49.7 Å². The minimum absolute atomic E-state index is 0.0478. The highest BCUT2D eigenvalue weighted by Gasteiger charge is 2.17. The molecule has 4 rings (SSSR count). The first-order valence-corrected chi connectivity index (χ1v) is 9.91. The summed E-state index contributed by atoms with van der Waals surface area (Å²) in [5.41, 5.74) is 4.09. The molecule has 1 aliphatic heterocycles. The van der Waals surface area contributed by atoms with E-state index >= 15 is 0 Å². The molecule has 140 valence electrons. The van der Waals surface area contributed by atoms with E-state index in [0.29, 0.717) is 40.9 Å². The zero-order chi connectivity index (χ0) is 19.7. The smallest absolute Gasteiger partial charge is 0.173 e. The Labute approximate surface area is 167 Å². The van der Waals surface area contributed by atoms with Crippen LogP contribution >= 0.6 is 11.8 Å². The Balaban J connectivity index is 1.58. The summed E-state index contributed by atoms with van der Waals surface area (Å²) in [4.78, 5) is 17.3. The second-order valence-corrected chi connectivity index (χ2v) is 7.64. The summed E-state index contributed by atoms with van der Waals surface area (Å²) >= 11 is 1.28. The van der Waals surface area contributed by atoms with Crippen LogP contribution in [0, 0.1) is 25.2 Å². The molecule has 5 nitrogen and oxygen atoms in total. The number of aryl methyl sites for hydroxylation is 2. The van der Waals surface area contributed by atoms with E-state index in [1.807, 2.05) is 26.0 Å². The number of Topliss-reactive ketones (excluding diaryl/α,β-unsaturated/α-hetero) is 1. The molecule has 0 amide bonds. The van der Waals surface area contributed by atoms with Gasteiger partial charge in [0.1, 0.15) is 24.3 Å². The lowest BCUT2D eigenvalue weighted by Crippen LogP contribution is -2.16. The van der Waals surface area contributed by atoms with Crippen LogP contribution in [0.3, 0.4) is 0 Å². The van der Waals surface area contributed by atoms with Crippen LogP contribution in [0.5, 0.6) is 11.5 Å². The van der Waals surface area contributed by atoms with Gasteiger partial charge in [-0.3, -0.25) is 4.79 Å². The maximum absolute atomic E-state index is 12.7. The number of thioether (sulfide) groups is 1. The first-order valence-electron chi connectivity index (χ1n) is 8.93. The molecule has 0 saturated carbocycles. The fourth-order valence-corrected chi connectivity index (χ4v) is 4.11. The number of hydrogen-bond acceptors (Lipinski definition) is 6. The number of fused-ring (bicyclic) bond motifs is 2. The topological polar surface area (TPSA) is 72.2 Å². The summed E-state index contributed by atoms with van der Waals surface area (Å²) in [6, 6.07) is 13.3. The number of hydrogen-bond donors (Lipinski definition) is 0. The number of benzene rings is 2. The number of ether oxygens (including phenoxy) is 2. The highest BCUT2D eigenvalue weighted by atomic mass is 32.2. The van der Waals surface area contributed by atoms with Gasteiger partial charge in [-0.25, -0.2) is 4.98 Å². The Bertz CT molecular complexity index is 1130. The third kappa shape index (κ3) is 3.54. The van der Waals surface area contributed by atoms with Crippen molar-refractivity contribution in [1.82, 2.24) is 4.98 Å². The van der Waals surface area contributed by atoms with Crippen LogP contribution in [-0.4, -0.2) is 29.7 Å². The highest BCUT2D eigenvalue weighted by Crippen LogP contribution is 2.32. The fourth-order valence-electron chi connectivity index (χ4n) is 3.26. The van der Waals surface area contributed by atoms with E-state index in [1.165, 1.54) is 11.8 Å². The van der Waals surface area contributed by atoms with E-state index in [2.05, 4.69) is 17.1 Å². The predicted octanol–water partition coefficient (Wildman–Crippen LogP) is 4.47. The SMILES string of the molecule is Cc1cc(C)c2nc(SCC(=O)c3ccc4c(c3)OCCO4)c(C#N)cc2c1. The van der Waals surface area contributed by atoms with E-state index in [0.717, 1.165) is 22.0 Å². The van der Waals surface area contributed by atoms with Gasteiger partial charge in [0.25, 0.3) is 0 Å². The lowest BCUT2D eigenvalue weighted by atomic mass is 10.1. The zero-order valence-corrected chi connectivity index (χ0v) is 16.4. The van der Waals surface area contributed by atoms with Crippen molar-refractivity contribution in [3.63, 3.8) is 0 Å². The van der Waals surface area contributed by atoms with Crippen LogP contribution < -0.4 is 9.47 Å². The Morgan fingerprint density at radius 1 is 1.14 bits per heavy atom. The molecule has 0 bridgehead atoms. The van der Waals surface area contributed by atoms with Crippen molar-refractivity contribution in [2.24, 2.45) is 0 Å². The number of ketones is 1. The number of pyridine rings is 1. The van der Waals surface area contributed by atoms with Gasteiger partial charge in [-0.15, -0.1) is 0 Å². The average molecular weight is 390 g/mol. The maximum atomic E-state index is 12.7. The molecule has 0 spiro atoms. The number of carbonyl (C=O) groups is 1. The van der Waals surface area contributed by atoms with E-state index in [1.54, 1.807) is 18.2 Å². The molecule has 6 heteroatoms. The van der Waals surface area contributed by atoms with Gasteiger partial charge in [0, 0.05) is 10.9 Å². The molecule has 0 unspecified atom stereocenters. The number of aromatic nitrogens is 1. The third-order valence-corrected chi connectivity index (χ3v) is 5.53. The molecular weight excluding hydrogens is 372 g/mol. The van der Waals surface area contributed by atoms with Crippen LogP contribution in [0.15, 0.2) is 41.4 Å². The van der Waals surface area contributed by atoms with Gasteiger partial charge in [0.05, 0.1) is 16.8 Å². The van der Waals surface area contributed by atoms with Gasteiger partial charge in [-0.2, -0.15) is 5.26 Å². The largest absolute Gasteiger partial charge is 0.486 e. The molecule has 2 aromatic carbocycles. The van der Waals surface area contributed by atoms with Gasteiger partial charge >= 0.3 is 0 Å². The molecule has 1 aliphatic rings. The van der Waals surface area contributed by atoms with Crippen LogP contribution in [0.1, 0.15) is 27.0 Å². The van der Waals surface area contributed by atoms with Gasteiger partial charge in [0.15, 0.2) is 17.3 Å². The van der Waals surface area contributed by atoms with Gasteiger partial charge in [0.2, 0.25) is 0 Å². The molecule has 0 N–H and O–H groups in total. The monoisotopic (exact) mass is 390 g/mol. The van der Waals surface area contributed by atoms with Crippen LogP contribution in [-0.2, 0) is 0 Å². The molecule has 28 heavy (non-hydrogen) atoms. The quantitative estimate of drug-likeness (QED) is 0.483. The van der Waals surface area contributed by atoms with Gasteiger partial charge < -0.3 is 9.47 Å².